The second-order valence-electron chi connectivity index (χ2n) is 3.40. The Labute approximate surface area is 116 Å². The lowest BCUT2D eigenvalue weighted by molar-refractivity contribution is -0.146. The summed E-state index contributed by atoms with van der Waals surface area (Å²) in [6, 6.07) is 5.83. The molecule has 0 aliphatic carbocycles. The van der Waals surface area contributed by atoms with Crippen molar-refractivity contribution in [3.8, 4) is 0 Å². The van der Waals surface area contributed by atoms with Gasteiger partial charge in [0.2, 0.25) is 0 Å². The summed E-state index contributed by atoms with van der Waals surface area (Å²) >= 11 is 0. The number of carbonyl (C=O) groups excluding carboxylic acids is 3. The predicted octanol–water partition coefficient (Wildman–Crippen LogP) is 0.966. The summed E-state index contributed by atoms with van der Waals surface area (Å²) in [5.41, 5.74) is -0.0401. The highest BCUT2D eigenvalue weighted by atomic mass is 16.6. The van der Waals surface area contributed by atoms with Gasteiger partial charge in [0.25, 0.3) is 0 Å². The van der Waals surface area contributed by atoms with Crippen LogP contribution in [0.2, 0.25) is 0 Å². The molecule has 0 fully saturated rings. The van der Waals surface area contributed by atoms with Gasteiger partial charge in [-0.05, 0) is 12.1 Å². The molecule has 0 atom stereocenters. The smallest absolute Gasteiger partial charge is 0.344 e. The molecule has 0 bridgehead atoms. The number of benzene rings is 1. The normalized spacial score (nSPS) is 9.70. The molecule has 1 rings (SSSR count). The van der Waals surface area contributed by atoms with Crippen LogP contribution in [0.3, 0.4) is 0 Å². The summed E-state index contributed by atoms with van der Waals surface area (Å²) in [6.45, 7) is 8.85. The van der Waals surface area contributed by atoms with E-state index in [4.69, 9.17) is 18.6 Å². The fourth-order valence-corrected chi connectivity index (χ4v) is 1.33. The Balaban J connectivity index is 2.77. The standard InChI is InChI=1S/C14H12O6/c1-3-18-12(15)9-20-14(17)11-8-6-5-7-10(11)13(16)19-4-2/h1-2,5-8H,3-4,9H2. The fourth-order valence-electron chi connectivity index (χ4n) is 1.33. The number of hydrogen-bond donors (Lipinski definition) is 0. The second-order valence-corrected chi connectivity index (χ2v) is 3.40. The van der Waals surface area contributed by atoms with Crippen LogP contribution in [0.4, 0.5) is 0 Å². The third-order valence-corrected chi connectivity index (χ3v) is 2.15. The van der Waals surface area contributed by atoms with Crippen LogP contribution in [0.15, 0.2) is 24.3 Å². The molecule has 6 heteroatoms. The molecular weight excluding hydrogens is 264 g/mol. The highest BCUT2D eigenvalue weighted by Gasteiger charge is 2.19. The Kier molecular flexibility index (Phi) is 6.22. The van der Waals surface area contributed by atoms with Gasteiger partial charge < -0.3 is 14.2 Å². The highest BCUT2D eigenvalue weighted by Crippen LogP contribution is 2.12. The van der Waals surface area contributed by atoms with E-state index in [0.717, 1.165) is 0 Å². The SMILES string of the molecule is [CH]COC(=O)COC(=O)c1ccccc1C(=O)OC[CH]. The average Bonchev–Trinajstić information content (AvgIpc) is 2.45. The van der Waals surface area contributed by atoms with Crippen molar-refractivity contribution in [1.82, 2.24) is 0 Å². The Bertz CT molecular complexity index is 494. The summed E-state index contributed by atoms with van der Waals surface area (Å²) < 4.78 is 13.7. The van der Waals surface area contributed by atoms with Crippen molar-refractivity contribution >= 4 is 17.9 Å². The quantitative estimate of drug-likeness (QED) is 0.569. The minimum Gasteiger partial charge on any atom is -0.463 e. The van der Waals surface area contributed by atoms with E-state index in [2.05, 4.69) is 9.47 Å². The highest BCUT2D eigenvalue weighted by molar-refractivity contribution is 6.03. The first-order chi connectivity index (χ1) is 9.60. The largest absolute Gasteiger partial charge is 0.463 e. The van der Waals surface area contributed by atoms with Crippen LogP contribution < -0.4 is 0 Å². The maximum Gasteiger partial charge on any atom is 0.344 e. The molecule has 4 radical (unpaired) electrons. The van der Waals surface area contributed by atoms with Gasteiger partial charge in [-0.2, -0.15) is 0 Å². The maximum atomic E-state index is 11.8. The number of rotatable bonds is 6. The number of esters is 3. The number of ether oxygens (including phenoxy) is 3. The van der Waals surface area contributed by atoms with E-state index < -0.39 is 24.5 Å². The van der Waals surface area contributed by atoms with Crippen molar-refractivity contribution in [3.63, 3.8) is 0 Å². The van der Waals surface area contributed by atoms with Crippen molar-refractivity contribution < 1.29 is 28.6 Å². The minimum absolute atomic E-state index is 0.00450. The van der Waals surface area contributed by atoms with Crippen LogP contribution in [0.5, 0.6) is 0 Å². The Morgan fingerprint density at radius 3 is 1.85 bits per heavy atom. The lowest BCUT2D eigenvalue weighted by Gasteiger charge is -2.08. The fraction of sp³-hybridized carbons (Fsp3) is 0.214. The van der Waals surface area contributed by atoms with Crippen LogP contribution in [0.25, 0.3) is 0 Å². The van der Waals surface area contributed by atoms with E-state index in [1.165, 1.54) is 18.2 Å². The molecule has 0 N–H and O–H groups in total. The van der Waals surface area contributed by atoms with Crippen LogP contribution >= 0.6 is 0 Å². The Hall–Kier alpha value is -2.37. The third-order valence-electron chi connectivity index (χ3n) is 2.15. The van der Waals surface area contributed by atoms with E-state index in [1.807, 2.05) is 0 Å². The van der Waals surface area contributed by atoms with Crippen LogP contribution in [-0.4, -0.2) is 37.7 Å². The van der Waals surface area contributed by atoms with Gasteiger partial charge in [-0.25, -0.2) is 14.4 Å². The molecule has 0 saturated heterocycles. The van der Waals surface area contributed by atoms with Crippen molar-refractivity contribution in [2.24, 2.45) is 0 Å². The van der Waals surface area contributed by atoms with Gasteiger partial charge in [-0.1, -0.05) is 12.1 Å². The summed E-state index contributed by atoms with van der Waals surface area (Å²) in [4.78, 5) is 34.4. The number of hydrogen-bond acceptors (Lipinski definition) is 6. The summed E-state index contributed by atoms with van der Waals surface area (Å²) in [5, 5.41) is 0. The molecule has 104 valence electrons. The topological polar surface area (TPSA) is 78.9 Å². The van der Waals surface area contributed by atoms with Gasteiger partial charge in [-0.3, -0.25) is 0 Å². The van der Waals surface area contributed by atoms with Crippen LogP contribution in [-0.2, 0) is 19.0 Å². The number of carbonyl (C=O) groups is 3. The molecular formula is C14H12O6. The molecule has 1 aromatic carbocycles. The summed E-state index contributed by atoms with van der Waals surface area (Å²) in [6.07, 6.45) is 0. The molecule has 20 heavy (non-hydrogen) atoms. The summed E-state index contributed by atoms with van der Waals surface area (Å²) in [5.74, 6) is -2.41. The predicted molar refractivity (Wildman–Crippen MR) is 66.6 cm³/mol. The second kappa shape index (κ2) is 7.93. The van der Waals surface area contributed by atoms with Crippen molar-refractivity contribution in [2.45, 2.75) is 0 Å². The monoisotopic (exact) mass is 276 g/mol. The van der Waals surface area contributed by atoms with Crippen molar-refractivity contribution in [2.75, 3.05) is 19.8 Å². The molecule has 0 amide bonds. The van der Waals surface area contributed by atoms with Crippen LogP contribution in [0.1, 0.15) is 20.7 Å². The molecule has 1 aromatic rings. The molecule has 0 spiro atoms. The Morgan fingerprint density at radius 1 is 0.850 bits per heavy atom. The summed E-state index contributed by atoms with van der Waals surface area (Å²) in [7, 11) is 0. The first-order valence-corrected chi connectivity index (χ1v) is 5.59. The molecule has 0 aromatic heterocycles. The lowest BCUT2D eigenvalue weighted by Crippen LogP contribution is -2.19. The van der Waals surface area contributed by atoms with Crippen molar-refractivity contribution in [1.29, 1.82) is 0 Å². The van der Waals surface area contributed by atoms with E-state index in [-0.39, 0.29) is 24.3 Å². The van der Waals surface area contributed by atoms with Crippen LogP contribution in [0, 0.1) is 13.8 Å². The Morgan fingerprint density at radius 2 is 1.35 bits per heavy atom. The maximum absolute atomic E-state index is 11.8. The first kappa shape index (κ1) is 15.7. The van der Waals surface area contributed by atoms with E-state index in [9.17, 15) is 14.4 Å². The molecule has 0 aliphatic heterocycles. The van der Waals surface area contributed by atoms with E-state index >= 15 is 0 Å². The molecule has 6 nitrogen and oxygen atoms in total. The molecule has 0 aliphatic rings. The minimum atomic E-state index is -0.858. The first-order valence-electron chi connectivity index (χ1n) is 5.59. The average molecular weight is 276 g/mol. The zero-order chi connectivity index (χ0) is 15.0. The van der Waals surface area contributed by atoms with Gasteiger partial charge in [-0.15, -0.1) is 0 Å². The lowest BCUT2D eigenvalue weighted by atomic mass is 10.1. The third kappa shape index (κ3) is 4.38. The van der Waals surface area contributed by atoms with Gasteiger partial charge in [0, 0.05) is 13.8 Å². The molecule has 0 heterocycles. The van der Waals surface area contributed by atoms with Crippen molar-refractivity contribution in [3.05, 3.63) is 49.2 Å². The molecule has 0 unspecified atom stereocenters. The molecule has 0 saturated carbocycles. The van der Waals surface area contributed by atoms with E-state index in [0.29, 0.717) is 0 Å². The van der Waals surface area contributed by atoms with Gasteiger partial charge in [0.1, 0.15) is 0 Å². The van der Waals surface area contributed by atoms with E-state index in [1.54, 1.807) is 6.07 Å². The zero-order valence-corrected chi connectivity index (χ0v) is 10.5. The zero-order valence-electron chi connectivity index (χ0n) is 10.5. The van der Waals surface area contributed by atoms with Gasteiger partial charge in [0.15, 0.2) is 6.61 Å². The van der Waals surface area contributed by atoms with Gasteiger partial charge >= 0.3 is 17.9 Å². The van der Waals surface area contributed by atoms with Gasteiger partial charge in [0.05, 0.1) is 24.3 Å².